The lowest BCUT2D eigenvalue weighted by Crippen LogP contribution is -2.24. The number of carbonyl (C=O) groups excluding carboxylic acids is 2. The van der Waals surface area contributed by atoms with E-state index in [1.54, 1.807) is 30.5 Å². The van der Waals surface area contributed by atoms with Crippen molar-refractivity contribution in [1.29, 1.82) is 0 Å². The molecule has 0 unspecified atom stereocenters. The zero-order valence-corrected chi connectivity index (χ0v) is 17.6. The number of halogens is 1. The van der Waals surface area contributed by atoms with Crippen LogP contribution in [0.4, 0.5) is 10.2 Å². The van der Waals surface area contributed by atoms with Gasteiger partial charge in [-0.1, -0.05) is 32.9 Å². The number of aromatic nitrogens is 2. The van der Waals surface area contributed by atoms with Gasteiger partial charge in [-0.3, -0.25) is 14.6 Å². The molecule has 2 aromatic heterocycles. The SMILES string of the molecule is CC(C)(C)c1ccc(C(=O)NCc2ccc(-c3ccnc4c3CC(=O)N4)cc2F)cn1. The van der Waals surface area contributed by atoms with Crippen LogP contribution in [0.1, 0.15) is 48.0 Å². The first kappa shape index (κ1) is 20.7. The summed E-state index contributed by atoms with van der Waals surface area (Å²) in [5.41, 5.74) is 3.78. The predicted octanol–water partition coefficient (Wildman–Crippen LogP) is 4.00. The van der Waals surface area contributed by atoms with Crippen LogP contribution in [0.2, 0.25) is 0 Å². The molecule has 2 amide bonds. The molecule has 0 saturated heterocycles. The Morgan fingerprint density at radius 2 is 1.97 bits per heavy atom. The van der Waals surface area contributed by atoms with Gasteiger partial charge < -0.3 is 10.6 Å². The molecule has 0 fully saturated rings. The van der Waals surface area contributed by atoms with Crippen LogP contribution in [0, 0.1) is 5.82 Å². The molecule has 6 nitrogen and oxygen atoms in total. The van der Waals surface area contributed by atoms with Gasteiger partial charge in [0.05, 0.1) is 12.0 Å². The van der Waals surface area contributed by atoms with E-state index in [9.17, 15) is 14.0 Å². The minimum atomic E-state index is -0.429. The van der Waals surface area contributed by atoms with E-state index < -0.39 is 5.82 Å². The standard InChI is InChI=1S/C24H23FN4O2/c1-24(2,3)20-7-6-16(13-27-20)23(31)28-12-15-5-4-14(10-19(15)25)17-8-9-26-22-18(17)11-21(30)29-22/h4-10,13H,11-12H2,1-3H3,(H,28,31)(H,26,29,30). The minimum absolute atomic E-state index is 0.0560. The molecule has 1 aliphatic rings. The lowest BCUT2D eigenvalue weighted by atomic mass is 9.91. The van der Waals surface area contributed by atoms with E-state index in [0.29, 0.717) is 22.5 Å². The van der Waals surface area contributed by atoms with Crippen LogP contribution in [-0.2, 0) is 23.2 Å². The number of hydrogen-bond donors (Lipinski definition) is 2. The Hall–Kier alpha value is -3.61. The summed E-state index contributed by atoms with van der Waals surface area (Å²) < 4.78 is 14.7. The number of pyridine rings is 2. The molecule has 0 bridgehead atoms. The summed E-state index contributed by atoms with van der Waals surface area (Å²) in [6.45, 7) is 6.21. The third kappa shape index (κ3) is 4.30. The summed E-state index contributed by atoms with van der Waals surface area (Å²) >= 11 is 0. The number of nitrogens with zero attached hydrogens (tertiary/aromatic N) is 2. The van der Waals surface area contributed by atoms with E-state index >= 15 is 0 Å². The van der Waals surface area contributed by atoms with Crippen LogP contribution < -0.4 is 10.6 Å². The van der Waals surface area contributed by atoms with Crippen molar-refractivity contribution in [2.75, 3.05) is 5.32 Å². The number of fused-ring (bicyclic) bond motifs is 1. The second kappa shape index (κ2) is 7.91. The maximum Gasteiger partial charge on any atom is 0.253 e. The lowest BCUT2D eigenvalue weighted by molar-refractivity contribution is -0.115. The second-order valence-electron chi connectivity index (χ2n) is 8.58. The lowest BCUT2D eigenvalue weighted by Gasteiger charge is -2.17. The van der Waals surface area contributed by atoms with Gasteiger partial charge in [0.15, 0.2) is 0 Å². The topological polar surface area (TPSA) is 84.0 Å². The van der Waals surface area contributed by atoms with Crippen LogP contribution in [0.5, 0.6) is 0 Å². The van der Waals surface area contributed by atoms with E-state index in [1.807, 2.05) is 6.07 Å². The molecule has 3 heterocycles. The van der Waals surface area contributed by atoms with Gasteiger partial charge in [-0.2, -0.15) is 0 Å². The first-order chi connectivity index (χ1) is 14.7. The summed E-state index contributed by atoms with van der Waals surface area (Å²) in [6, 6.07) is 10.2. The Labute approximate surface area is 179 Å². The van der Waals surface area contributed by atoms with Crippen LogP contribution >= 0.6 is 0 Å². The Bertz CT molecular complexity index is 1170. The second-order valence-corrected chi connectivity index (χ2v) is 8.58. The molecule has 7 heteroatoms. The van der Waals surface area contributed by atoms with Crippen LogP contribution in [-0.4, -0.2) is 21.8 Å². The average Bonchev–Trinajstić information content (AvgIpc) is 3.12. The third-order valence-corrected chi connectivity index (χ3v) is 5.25. The van der Waals surface area contributed by atoms with Crippen molar-refractivity contribution in [3.63, 3.8) is 0 Å². The molecule has 0 aliphatic carbocycles. The summed E-state index contributed by atoms with van der Waals surface area (Å²) in [5, 5.41) is 5.43. The van der Waals surface area contributed by atoms with E-state index in [2.05, 4.69) is 41.4 Å². The number of nitrogens with one attached hydrogen (secondary N) is 2. The fourth-order valence-electron chi connectivity index (χ4n) is 3.49. The van der Waals surface area contributed by atoms with Crippen molar-refractivity contribution < 1.29 is 14.0 Å². The Morgan fingerprint density at radius 3 is 2.65 bits per heavy atom. The smallest absolute Gasteiger partial charge is 0.253 e. The molecule has 158 valence electrons. The predicted molar refractivity (Wildman–Crippen MR) is 116 cm³/mol. The quantitative estimate of drug-likeness (QED) is 0.671. The van der Waals surface area contributed by atoms with E-state index in [4.69, 9.17) is 0 Å². The zero-order valence-electron chi connectivity index (χ0n) is 17.6. The largest absolute Gasteiger partial charge is 0.348 e. The summed E-state index contributed by atoms with van der Waals surface area (Å²) in [4.78, 5) is 32.6. The van der Waals surface area contributed by atoms with Crippen molar-refractivity contribution in [2.45, 2.75) is 39.2 Å². The number of rotatable bonds is 4. The van der Waals surface area contributed by atoms with E-state index in [1.165, 1.54) is 12.3 Å². The number of hydrogen-bond acceptors (Lipinski definition) is 4. The Morgan fingerprint density at radius 1 is 1.16 bits per heavy atom. The molecule has 3 aromatic rings. The Kier molecular flexibility index (Phi) is 5.27. The van der Waals surface area contributed by atoms with E-state index in [-0.39, 0.29) is 30.2 Å². The fourth-order valence-corrected chi connectivity index (χ4v) is 3.49. The number of amides is 2. The summed E-state index contributed by atoms with van der Waals surface area (Å²) in [7, 11) is 0. The summed E-state index contributed by atoms with van der Waals surface area (Å²) in [5.74, 6) is -0.347. The first-order valence-corrected chi connectivity index (χ1v) is 10.0. The number of benzene rings is 1. The van der Waals surface area contributed by atoms with Crippen molar-refractivity contribution in [2.24, 2.45) is 0 Å². The maximum atomic E-state index is 14.7. The zero-order chi connectivity index (χ0) is 22.2. The maximum absolute atomic E-state index is 14.7. The normalized spacial score (nSPS) is 13.0. The van der Waals surface area contributed by atoms with Crippen molar-refractivity contribution in [3.05, 3.63) is 77.0 Å². The van der Waals surface area contributed by atoms with Gasteiger partial charge in [0.1, 0.15) is 11.6 Å². The van der Waals surface area contributed by atoms with E-state index in [0.717, 1.165) is 16.8 Å². The molecule has 2 N–H and O–H groups in total. The van der Waals surface area contributed by atoms with Gasteiger partial charge in [-0.05, 0) is 35.4 Å². The van der Waals surface area contributed by atoms with Gasteiger partial charge in [-0.25, -0.2) is 9.37 Å². The highest BCUT2D eigenvalue weighted by Crippen LogP contribution is 2.32. The summed E-state index contributed by atoms with van der Waals surface area (Å²) in [6.07, 6.45) is 3.35. The molecule has 4 rings (SSSR count). The molecule has 31 heavy (non-hydrogen) atoms. The highest BCUT2D eigenvalue weighted by Gasteiger charge is 2.23. The third-order valence-electron chi connectivity index (χ3n) is 5.25. The molecule has 0 radical (unpaired) electrons. The molecule has 0 atom stereocenters. The number of anilines is 1. The van der Waals surface area contributed by atoms with Crippen molar-refractivity contribution >= 4 is 17.6 Å². The van der Waals surface area contributed by atoms with Crippen LogP contribution in [0.15, 0.2) is 48.8 Å². The highest BCUT2D eigenvalue weighted by molar-refractivity contribution is 6.00. The van der Waals surface area contributed by atoms with Crippen LogP contribution in [0.3, 0.4) is 0 Å². The molecule has 0 saturated carbocycles. The molecular weight excluding hydrogens is 395 g/mol. The van der Waals surface area contributed by atoms with Gasteiger partial charge in [0.2, 0.25) is 5.91 Å². The highest BCUT2D eigenvalue weighted by atomic mass is 19.1. The minimum Gasteiger partial charge on any atom is -0.348 e. The molecule has 1 aliphatic heterocycles. The van der Waals surface area contributed by atoms with Gasteiger partial charge >= 0.3 is 0 Å². The average molecular weight is 418 g/mol. The van der Waals surface area contributed by atoms with Crippen molar-refractivity contribution in [1.82, 2.24) is 15.3 Å². The van der Waals surface area contributed by atoms with Gasteiger partial charge in [0.25, 0.3) is 5.91 Å². The molecular formula is C24H23FN4O2. The van der Waals surface area contributed by atoms with Crippen LogP contribution in [0.25, 0.3) is 11.1 Å². The molecule has 0 spiro atoms. The Balaban J connectivity index is 1.47. The van der Waals surface area contributed by atoms with Gasteiger partial charge in [0, 0.05) is 41.2 Å². The van der Waals surface area contributed by atoms with Crippen molar-refractivity contribution in [3.8, 4) is 11.1 Å². The number of carbonyl (C=O) groups is 2. The van der Waals surface area contributed by atoms with Gasteiger partial charge in [-0.15, -0.1) is 0 Å². The first-order valence-electron chi connectivity index (χ1n) is 10.0. The fraction of sp³-hybridized carbons (Fsp3) is 0.250. The monoisotopic (exact) mass is 418 g/mol. The molecule has 1 aromatic carbocycles.